The van der Waals surface area contributed by atoms with Gasteiger partial charge >= 0.3 is 12.6 Å². The lowest BCUT2D eigenvalue weighted by atomic mass is 9.40. The van der Waals surface area contributed by atoms with Gasteiger partial charge in [0.15, 0.2) is 0 Å². The van der Waals surface area contributed by atoms with Crippen LogP contribution in [0, 0.1) is 5.41 Å². The molecule has 0 unspecified atom stereocenters. The zero-order chi connectivity index (χ0) is 15.1. The second-order valence-electron chi connectivity index (χ2n) is 6.31. The fourth-order valence-electron chi connectivity index (χ4n) is 3.61. The van der Waals surface area contributed by atoms with Gasteiger partial charge in [-0.3, -0.25) is 0 Å². The lowest BCUT2D eigenvalue weighted by molar-refractivity contribution is -0.131. The fourth-order valence-corrected chi connectivity index (χ4v) is 3.61. The maximum atomic E-state index is 12.1. The second-order valence-corrected chi connectivity index (χ2v) is 6.31. The SMILES string of the molecule is CC12CC(NC(=O)NCc3ccnc(OC(F)F)c3)(C1)C2. The van der Waals surface area contributed by atoms with Gasteiger partial charge in [0.1, 0.15) is 0 Å². The van der Waals surface area contributed by atoms with Crippen LogP contribution in [0.5, 0.6) is 5.88 Å². The Morgan fingerprint density at radius 2 is 2.19 bits per heavy atom. The molecule has 5 nitrogen and oxygen atoms in total. The number of hydrogen-bond acceptors (Lipinski definition) is 3. The van der Waals surface area contributed by atoms with E-state index in [0.29, 0.717) is 11.0 Å². The average Bonchev–Trinajstić information content (AvgIpc) is 2.33. The van der Waals surface area contributed by atoms with Crippen LogP contribution in [0.1, 0.15) is 31.7 Å². The molecule has 2 bridgehead atoms. The van der Waals surface area contributed by atoms with Crippen molar-refractivity contribution in [3.63, 3.8) is 0 Å². The molecule has 3 fully saturated rings. The first-order valence-electron chi connectivity index (χ1n) is 6.84. The summed E-state index contributed by atoms with van der Waals surface area (Å²) in [6.07, 6.45) is 4.48. The van der Waals surface area contributed by atoms with Gasteiger partial charge in [-0.2, -0.15) is 8.78 Å². The maximum absolute atomic E-state index is 12.1. The molecule has 3 aliphatic carbocycles. The summed E-state index contributed by atoms with van der Waals surface area (Å²) in [6.45, 7) is -0.452. The van der Waals surface area contributed by atoms with Gasteiger partial charge in [0.2, 0.25) is 5.88 Å². The molecule has 1 aromatic heterocycles. The maximum Gasteiger partial charge on any atom is 0.388 e. The standard InChI is InChI=1S/C14H17F2N3O2/c1-13-6-14(7-13,8-13)19-12(20)18-5-9-2-3-17-10(4-9)21-11(15)16/h2-4,11H,5-8H2,1H3,(H2,18,19,20). The zero-order valence-electron chi connectivity index (χ0n) is 11.7. The highest BCUT2D eigenvalue weighted by atomic mass is 19.3. The minimum Gasteiger partial charge on any atom is -0.417 e. The Morgan fingerprint density at radius 1 is 1.48 bits per heavy atom. The number of nitrogens with zero attached hydrogens (tertiary/aromatic N) is 1. The van der Waals surface area contributed by atoms with Crippen molar-refractivity contribution < 1.29 is 18.3 Å². The third-order valence-corrected chi connectivity index (χ3v) is 4.14. The fraction of sp³-hybridized carbons (Fsp3) is 0.571. The van der Waals surface area contributed by atoms with E-state index in [-0.39, 0.29) is 24.0 Å². The van der Waals surface area contributed by atoms with Gasteiger partial charge in [-0.25, -0.2) is 9.78 Å². The number of ether oxygens (including phenoxy) is 1. The highest BCUT2D eigenvalue weighted by molar-refractivity contribution is 5.75. The summed E-state index contributed by atoms with van der Waals surface area (Å²) in [4.78, 5) is 15.5. The average molecular weight is 297 g/mol. The van der Waals surface area contributed by atoms with Gasteiger partial charge in [0.25, 0.3) is 0 Å². The zero-order valence-corrected chi connectivity index (χ0v) is 11.7. The largest absolute Gasteiger partial charge is 0.417 e. The summed E-state index contributed by atoms with van der Waals surface area (Å²) in [7, 11) is 0. The number of halogens is 2. The first kappa shape index (κ1) is 14.0. The number of hydrogen-bond donors (Lipinski definition) is 2. The summed E-state index contributed by atoms with van der Waals surface area (Å²) in [5.74, 6) is -0.156. The normalized spacial score (nSPS) is 29.3. The molecule has 21 heavy (non-hydrogen) atoms. The van der Waals surface area contributed by atoms with E-state index in [1.807, 2.05) is 0 Å². The predicted octanol–water partition coefficient (Wildman–Crippen LogP) is 2.42. The predicted molar refractivity (Wildman–Crippen MR) is 70.9 cm³/mol. The van der Waals surface area contributed by atoms with E-state index < -0.39 is 6.61 Å². The van der Waals surface area contributed by atoms with Gasteiger partial charge in [-0.15, -0.1) is 0 Å². The summed E-state index contributed by atoms with van der Waals surface area (Å²) < 4.78 is 28.4. The molecular weight excluding hydrogens is 280 g/mol. The Balaban J connectivity index is 1.47. The number of rotatable bonds is 5. The van der Waals surface area contributed by atoms with E-state index in [1.165, 1.54) is 12.3 Å². The van der Waals surface area contributed by atoms with Gasteiger partial charge in [0.05, 0.1) is 0 Å². The Hall–Kier alpha value is -1.92. The van der Waals surface area contributed by atoms with Crippen LogP contribution < -0.4 is 15.4 Å². The first-order valence-corrected chi connectivity index (χ1v) is 6.84. The number of carbonyl (C=O) groups excluding carboxylic acids is 1. The van der Waals surface area contributed by atoms with Crippen molar-refractivity contribution in [1.29, 1.82) is 0 Å². The molecule has 3 saturated carbocycles. The van der Waals surface area contributed by atoms with Crippen molar-refractivity contribution in [2.24, 2.45) is 5.41 Å². The lowest BCUT2D eigenvalue weighted by Crippen LogP contribution is -2.74. The van der Waals surface area contributed by atoms with E-state index in [2.05, 4.69) is 27.3 Å². The van der Waals surface area contributed by atoms with Crippen LogP contribution in [0.25, 0.3) is 0 Å². The van der Waals surface area contributed by atoms with E-state index >= 15 is 0 Å². The van der Waals surface area contributed by atoms with E-state index in [9.17, 15) is 13.6 Å². The topological polar surface area (TPSA) is 63.2 Å². The molecule has 0 radical (unpaired) electrons. The summed E-state index contributed by atoms with van der Waals surface area (Å²) >= 11 is 0. The quantitative estimate of drug-likeness (QED) is 0.877. The summed E-state index contributed by atoms with van der Waals surface area (Å²) in [6, 6.07) is 2.79. The van der Waals surface area contributed by atoms with Crippen molar-refractivity contribution in [2.45, 2.75) is 44.9 Å². The van der Waals surface area contributed by atoms with Crippen LogP contribution >= 0.6 is 0 Å². The molecule has 1 heterocycles. The third kappa shape index (κ3) is 2.91. The number of aromatic nitrogens is 1. The molecular formula is C14H17F2N3O2. The molecule has 0 saturated heterocycles. The van der Waals surface area contributed by atoms with Crippen molar-refractivity contribution in [3.8, 4) is 5.88 Å². The summed E-state index contributed by atoms with van der Waals surface area (Å²) in [5.41, 5.74) is 1.07. The molecule has 4 rings (SSSR count). The molecule has 0 atom stereocenters. The van der Waals surface area contributed by atoms with E-state index in [1.54, 1.807) is 6.07 Å². The number of carbonyl (C=O) groups is 1. The van der Waals surface area contributed by atoms with E-state index in [0.717, 1.165) is 19.3 Å². The van der Waals surface area contributed by atoms with Crippen LogP contribution in [-0.2, 0) is 6.54 Å². The molecule has 0 spiro atoms. The highest BCUT2D eigenvalue weighted by Crippen LogP contribution is 2.66. The minimum absolute atomic E-state index is 0.0129. The van der Waals surface area contributed by atoms with Gasteiger partial charge in [-0.1, -0.05) is 6.92 Å². The molecule has 7 heteroatoms. The molecule has 1 aromatic rings. The Kier molecular flexibility index (Phi) is 3.22. The Labute approximate surface area is 121 Å². The van der Waals surface area contributed by atoms with Crippen LogP contribution in [0.4, 0.5) is 13.6 Å². The van der Waals surface area contributed by atoms with E-state index in [4.69, 9.17) is 0 Å². The van der Waals surface area contributed by atoms with Crippen molar-refractivity contribution in [2.75, 3.05) is 0 Å². The van der Waals surface area contributed by atoms with Crippen LogP contribution in [-0.4, -0.2) is 23.2 Å². The monoisotopic (exact) mass is 297 g/mol. The molecule has 0 aromatic carbocycles. The van der Waals surface area contributed by atoms with Crippen molar-refractivity contribution >= 4 is 6.03 Å². The van der Waals surface area contributed by atoms with Gasteiger partial charge in [-0.05, 0) is 36.3 Å². The van der Waals surface area contributed by atoms with Crippen LogP contribution in [0.15, 0.2) is 18.3 Å². The highest BCUT2D eigenvalue weighted by Gasteiger charge is 2.65. The molecule has 2 amide bonds. The third-order valence-electron chi connectivity index (χ3n) is 4.14. The van der Waals surface area contributed by atoms with Gasteiger partial charge < -0.3 is 15.4 Å². The Morgan fingerprint density at radius 3 is 2.81 bits per heavy atom. The van der Waals surface area contributed by atoms with Crippen LogP contribution in [0.3, 0.4) is 0 Å². The Bertz CT molecular complexity index is 545. The second kappa shape index (κ2) is 4.82. The molecule has 3 aliphatic rings. The first-order chi connectivity index (χ1) is 9.88. The number of urea groups is 1. The minimum atomic E-state index is -2.91. The number of pyridine rings is 1. The number of alkyl halides is 2. The molecule has 114 valence electrons. The van der Waals surface area contributed by atoms with Crippen LogP contribution in [0.2, 0.25) is 0 Å². The van der Waals surface area contributed by atoms with Gasteiger partial charge in [0, 0.05) is 24.3 Å². The lowest BCUT2D eigenvalue weighted by Gasteiger charge is -2.69. The van der Waals surface area contributed by atoms with Crippen molar-refractivity contribution in [1.82, 2.24) is 15.6 Å². The summed E-state index contributed by atoms with van der Waals surface area (Å²) in [5, 5.41) is 5.70. The van der Waals surface area contributed by atoms with Crippen molar-refractivity contribution in [3.05, 3.63) is 23.9 Å². The number of amides is 2. The molecule has 2 N–H and O–H groups in total. The molecule has 0 aliphatic heterocycles. The number of nitrogens with one attached hydrogen (secondary N) is 2. The smallest absolute Gasteiger partial charge is 0.388 e.